The SMILES string of the molecule is CC(=O)Nc1ccccc1Nc1ccc(OC(=O)c2ccccc2)cc1. The fraction of sp³-hybridized carbons (Fsp3) is 0.0476. The molecule has 0 spiro atoms. The first kappa shape index (κ1) is 17.2. The van der Waals surface area contributed by atoms with Crippen molar-refractivity contribution >= 4 is 28.9 Å². The number of anilines is 3. The molecule has 0 unspecified atom stereocenters. The fourth-order valence-electron chi connectivity index (χ4n) is 2.39. The van der Waals surface area contributed by atoms with Gasteiger partial charge in [-0.1, -0.05) is 30.3 Å². The van der Waals surface area contributed by atoms with Gasteiger partial charge in [-0.25, -0.2) is 4.79 Å². The third kappa shape index (κ3) is 4.48. The van der Waals surface area contributed by atoms with Crippen molar-refractivity contribution in [2.75, 3.05) is 10.6 Å². The third-order valence-electron chi connectivity index (χ3n) is 3.59. The van der Waals surface area contributed by atoms with E-state index in [-0.39, 0.29) is 5.91 Å². The Bertz CT molecular complexity index is 906. The summed E-state index contributed by atoms with van der Waals surface area (Å²) in [5.41, 5.74) is 2.78. The summed E-state index contributed by atoms with van der Waals surface area (Å²) in [5.74, 6) is -0.0794. The molecule has 2 N–H and O–H groups in total. The number of ether oxygens (including phenoxy) is 1. The molecule has 0 aliphatic rings. The van der Waals surface area contributed by atoms with Crippen molar-refractivity contribution in [3.05, 3.63) is 84.4 Å². The second kappa shape index (κ2) is 7.98. The molecule has 5 heteroatoms. The lowest BCUT2D eigenvalue weighted by Gasteiger charge is -2.12. The molecular weight excluding hydrogens is 328 g/mol. The van der Waals surface area contributed by atoms with Crippen LogP contribution in [0, 0.1) is 0 Å². The van der Waals surface area contributed by atoms with E-state index in [9.17, 15) is 9.59 Å². The Morgan fingerprint density at radius 2 is 1.38 bits per heavy atom. The number of hydrogen-bond acceptors (Lipinski definition) is 4. The maximum absolute atomic E-state index is 12.1. The predicted molar refractivity (Wildman–Crippen MR) is 102 cm³/mol. The van der Waals surface area contributed by atoms with E-state index in [0.29, 0.717) is 17.0 Å². The molecule has 0 saturated heterocycles. The summed E-state index contributed by atoms with van der Waals surface area (Å²) in [6.07, 6.45) is 0. The Morgan fingerprint density at radius 1 is 0.769 bits per heavy atom. The number of amides is 1. The molecule has 0 radical (unpaired) electrons. The van der Waals surface area contributed by atoms with Crippen molar-refractivity contribution in [2.24, 2.45) is 0 Å². The number of carbonyl (C=O) groups is 2. The zero-order valence-electron chi connectivity index (χ0n) is 14.2. The number of nitrogens with one attached hydrogen (secondary N) is 2. The molecule has 3 aromatic carbocycles. The molecule has 26 heavy (non-hydrogen) atoms. The summed E-state index contributed by atoms with van der Waals surface area (Å²) < 4.78 is 5.36. The van der Waals surface area contributed by atoms with Crippen LogP contribution >= 0.6 is 0 Å². The maximum atomic E-state index is 12.1. The van der Waals surface area contributed by atoms with Gasteiger partial charge in [-0.3, -0.25) is 4.79 Å². The molecule has 0 heterocycles. The van der Waals surface area contributed by atoms with Gasteiger partial charge in [-0.15, -0.1) is 0 Å². The Labute approximate surface area is 151 Å². The van der Waals surface area contributed by atoms with Gasteiger partial charge in [0.15, 0.2) is 0 Å². The first-order valence-electron chi connectivity index (χ1n) is 8.13. The summed E-state index contributed by atoms with van der Waals surface area (Å²) >= 11 is 0. The van der Waals surface area contributed by atoms with Gasteiger partial charge in [0.2, 0.25) is 5.91 Å². The third-order valence-corrected chi connectivity index (χ3v) is 3.59. The minimum Gasteiger partial charge on any atom is -0.423 e. The van der Waals surface area contributed by atoms with E-state index in [2.05, 4.69) is 10.6 Å². The summed E-state index contributed by atoms with van der Waals surface area (Å²) in [5, 5.41) is 6.01. The molecule has 0 aliphatic carbocycles. The van der Waals surface area contributed by atoms with E-state index in [1.165, 1.54) is 6.92 Å². The molecular formula is C21H18N2O3. The molecule has 0 saturated carbocycles. The average molecular weight is 346 g/mol. The second-order valence-corrected chi connectivity index (χ2v) is 5.63. The fourth-order valence-corrected chi connectivity index (χ4v) is 2.39. The minimum absolute atomic E-state index is 0.137. The highest BCUT2D eigenvalue weighted by Crippen LogP contribution is 2.26. The van der Waals surface area contributed by atoms with Gasteiger partial charge in [0.05, 0.1) is 16.9 Å². The zero-order chi connectivity index (χ0) is 18.4. The van der Waals surface area contributed by atoms with E-state index in [0.717, 1.165) is 11.4 Å². The Morgan fingerprint density at radius 3 is 2.04 bits per heavy atom. The second-order valence-electron chi connectivity index (χ2n) is 5.63. The van der Waals surface area contributed by atoms with Crippen LogP contribution in [0.2, 0.25) is 0 Å². The highest BCUT2D eigenvalue weighted by atomic mass is 16.5. The maximum Gasteiger partial charge on any atom is 0.343 e. The Hall–Kier alpha value is -3.60. The molecule has 0 aliphatic heterocycles. The molecule has 5 nitrogen and oxygen atoms in total. The van der Waals surface area contributed by atoms with Crippen LogP contribution in [0.15, 0.2) is 78.9 Å². The van der Waals surface area contributed by atoms with Crippen LogP contribution in [-0.4, -0.2) is 11.9 Å². The van der Waals surface area contributed by atoms with Gasteiger partial charge in [0, 0.05) is 12.6 Å². The summed E-state index contributed by atoms with van der Waals surface area (Å²) in [7, 11) is 0. The van der Waals surface area contributed by atoms with Crippen LogP contribution in [0.3, 0.4) is 0 Å². The molecule has 0 fully saturated rings. The van der Waals surface area contributed by atoms with Crippen molar-refractivity contribution in [1.82, 2.24) is 0 Å². The van der Waals surface area contributed by atoms with Crippen molar-refractivity contribution in [1.29, 1.82) is 0 Å². The van der Waals surface area contributed by atoms with Crippen LogP contribution in [0.25, 0.3) is 0 Å². The summed E-state index contributed by atoms with van der Waals surface area (Å²) in [6.45, 7) is 1.46. The lowest BCUT2D eigenvalue weighted by molar-refractivity contribution is -0.114. The predicted octanol–water partition coefficient (Wildman–Crippen LogP) is 4.61. The molecule has 0 bridgehead atoms. The standard InChI is InChI=1S/C21H18N2O3/c1-15(24)22-19-9-5-6-10-20(19)23-17-11-13-18(14-12-17)26-21(25)16-7-3-2-4-8-16/h2-14,23H,1H3,(H,22,24). The van der Waals surface area contributed by atoms with Crippen molar-refractivity contribution in [2.45, 2.75) is 6.92 Å². The van der Waals surface area contributed by atoms with E-state index >= 15 is 0 Å². The van der Waals surface area contributed by atoms with E-state index in [1.54, 1.807) is 48.5 Å². The Kier molecular flexibility index (Phi) is 5.29. The van der Waals surface area contributed by atoms with Crippen molar-refractivity contribution in [3.63, 3.8) is 0 Å². The van der Waals surface area contributed by atoms with Crippen LogP contribution in [0.4, 0.5) is 17.1 Å². The number of carbonyl (C=O) groups excluding carboxylic acids is 2. The summed E-state index contributed by atoms with van der Waals surface area (Å²) in [6, 6.07) is 23.3. The number of hydrogen-bond donors (Lipinski definition) is 2. The summed E-state index contributed by atoms with van der Waals surface area (Å²) in [4.78, 5) is 23.4. The number of rotatable bonds is 5. The minimum atomic E-state index is -0.401. The zero-order valence-corrected chi connectivity index (χ0v) is 14.2. The average Bonchev–Trinajstić information content (AvgIpc) is 2.65. The van der Waals surface area contributed by atoms with E-state index in [4.69, 9.17) is 4.74 Å². The molecule has 130 valence electrons. The van der Waals surface area contributed by atoms with Crippen molar-refractivity contribution < 1.29 is 14.3 Å². The van der Waals surface area contributed by atoms with Gasteiger partial charge < -0.3 is 15.4 Å². The van der Waals surface area contributed by atoms with Crippen LogP contribution in [0.5, 0.6) is 5.75 Å². The highest BCUT2D eigenvalue weighted by Gasteiger charge is 2.08. The molecule has 3 aromatic rings. The lowest BCUT2D eigenvalue weighted by atomic mass is 10.2. The van der Waals surface area contributed by atoms with E-state index in [1.807, 2.05) is 30.3 Å². The van der Waals surface area contributed by atoms with Gasteiger partial charge >= 0.3 is 5.97 Å². The molecule has 3 rings (SSSR count). The van der Waals surface area contributed by atoms with Gasteiger partial charge in [0.1, 0.15) is 5.75 Å². The largest absolute Gasteiger partial charge is 0.423 e. The smallest absolute Gasteiger partial charge is 0.343 e. The normalized spacial score (nSPS) is 10.0. The first-order chi connectivity index (χ1) is 12.6. The van der Waals surface area contributed by atoms with E-state index < -0.39 is 5.97 Å². The number of esters is 1. The topological polar surface area (TPSA) is 67.4 Å². The molecule has 0 atom stereocenters. The Balaban J connectivity index is 1.69. The van der Waals surface area contributed by atoms with Gasteiger partial charge in [-0.05, 0) is 48.5 Å². The van der Waals surface area contributed by atoms with Gasteiger partial charge in [0.25, 0.3) is 0 Å². The van der Waals surface area contributed by atoms with Crippen LogP contribution in [-0.2, 0) is 4.79 Å². The molecule has 1 amide bonds. The van der Waals surface area contributed by atoms with Crippen LogP contribution < -0.4 is 15.4 Å². The number of para-hydroxylation sites is 2. The first-order valence-corrected chi connectivity index (χ1v) is 8.13. The van der Waals surface area contributed by atoms with Crippen molar-refractivity contribution in [3.8, 4) is 5.75 Å². The highest BCUT2D eigenvalue weighted by molar-refractivity contribution is 5.93. The lowest BCUT2D eigenvalue weighted by Crippen LogP contribution is -2.08. The van der Waals surface area contributed by atoms with Crippen LogP contribution in [0.1, 0.15) is 17.3 Å². The monoisotopic (exact) mass is 346 g/mol. The molecule has 0 aromatic heterocycles. The number of benzene rings is 3. The quantitative estimate of drug-likeness (QED) is 0.523. The van der Waals surface area contributed by atoms with Gasteiger partial charge in [-0.2, -0.15) is 0 Å².